The number of rotatable bonds is 9. The summed E-state index contributed by atoms with van der Waals surface area (Å²) in [7, 11) is 0. The van der Waals surface area contributed by atoms with Crippen molar-refractivity contribution in [2.24, 2.45) is 9.98 Å². The van der Waals surface area contributed by atoms with Crippen molar-refractivity contribution < 1.29 is 4.42 Å². The summed E-state index contributed by atoms with van der Waals surface area (Å²) in [6.45, 7) is 0. The predicted molar refractivity (Wildman–Crippen MR) is 261 cm³/mol. The fourth-order valence-electron chi connectivity index (χ4n) is 8.71. The fraction of sp³-hybridized carbons (Fsp3) is 0.0169. The van der Waals surface area contributed by atoms with Gasteiger partial charge < -0.3 is 9.73 Å². The van der Waals surface area contributed by atoms with Gasteiger partial charge in [0.2, 0.25) is 0 Å². The Morgan fingerprint density at radius 3 is 1.46 bits per heavy atom. The lowest BCUT2D eigenvalue weighted by Crippen LogP contribution is -2.33. The Labute approximate surface area is 366 Å². The molecule has 1 N–H and O–H groups in total. The highest BCUT2D eigenvalue weighted by Crippen LogP contribution is 2.38. The molecule has 4 nitrogen and oxygen atoms in total. The topological polar surface area (TPSA) is 49.9 Å². The minimum atomic E-state index is -0.456. The summed E-state index contributed by atoms with van der Waals surface area (Å²) in [6, 6.07) is 83.1. The highest BCUT2D eigenvalue weighted by atomic mass is 16.3. The molecule has 1 atom stereocenters. The van der Waals surface area contributed by atoms with Gasteiger partial charge in [0.05, 0.1) is 0 Å². The molecule has 9 aromatic carbocycles. The van der Waals surface area contributed by atoms with Crippen LogP contribution in [-0.2, 0) is 0 Å². The smallest absolute Gasteiger partial charge is 0.159 e. The number of hydrogen-bond acceptors (Lipinski definition) is 4. The first-order chi connectivity index (χ1) is 31.2. The van der Waals surface area contributed by atoms with Crippen LogP contribution in [0.25, 0.3) is 55.3 Å². The third kappa shape index (κ3) is 7.56. The largest absolute Gasteiger partial charge is 0.456 e. The van der Waals surface area contributed by atoms with Crippen molar-refractivity contribution >= 4 is 44.8 Å². The van der Waals surface area contributed by atoms with Gasteiger partial charge in [0.25, 0.3) is 0 Å². The number of benzene rings is 9. The minimum Gasteiger partial charge on any atom is -0.456 e. The van der Waals surface area contributed by atoms with Gasteiger partial charge in [-0.2, -0.15) is 0 Å². The molecule has 10 aromatic rings. The van der Waals surface area contributed by atoms with E-state index in [1.165, 1.54) is 0 Å². The van der Waals surface area contributed by atoms with Gasteiger partial charge in [-0.15, -0.1) is 0 Å². The van der Waals surface area contributed by atoms with Crippen molar-refractivity contribution in [2.45, 2.75) is 6.17 Å². The number of furan rings is 1. The zero-order valence-electron chi connectivity index (χ0n) is 34.4. The molecule has 0 saturated heterocycles. The van der Waals surface area contributed by atoms with E-state index in [4.69, 9.17) is 14.4 Å². The summed E-state index contributed by atoms with van der Waals surface area (Å²) in [4.78, 5) is 10.8. The molecule has 4 heteroatoms. The molecule has 0 spiro atoms. The van der Waals surface area contributed by atoms with Crippen LogP contribution in [0.2, 0.25) is 0 Å². The number of fused-ring (bicyclic) bond motifs is 3. The standard InChI is InChI=1S/C59H41N3O/c1-6-19-40(20-7-1)48-36-49(41-21-8-2-9-22-41)38-50(37-48)59-61-57(60-58(62-59)47-33-34-52-51-31-16-17-32-53(51)63-54(52)39-47)46-30-18-29-45(35-46)56(44-27-14-5-15-28-44)55(42-23-10-3-11-24-42)43-25-12-4-13-26-43/h1-39,59H,(H,60,61,62). The second-order valence-electron chi connectivity index (χ2n) is 15.8. The molecule has 1 unspecified atom stereocenters. The van der Waals surface area contributed by atoms with Gasteiger partial charge in [-0.3, -0.25) is 0 Å². The fourth-order valence-corrected chi connectivity index (χ4v) is 8.71. The maximum absolute atomic E-state index is 6.40. The number of nitrogens with zero attached hydrogens (tertiary/aromatic N) is 2. The zero-order chi connectivity index (χ0) is 42.0. The lowest BCUT2D eigenvalue weighted by Gasteiger charge is -2.25. The predicted octanol–water partition coefficient (Wildman–Crippen LogP) is 14.4. The van der Waals surface area contributed by atoms with Crippen LogP contribution in [0.3, 0.4) is 0 Å². The molecule has 1 aliphatic heterocycles. The van der Waals surface area contributed by atoms with Gasteiger partial charge in [0.15, 0.2) is 5.84 Å². The number of nitrogens with one attached hydrogen (secondary N) is 1. The maximum Gasteiger partial charge on any atom is 0.159 e. The molecule has 0 saturated carbocycles. The number of para-hydroxylation sites is 1. The van der Waals surface area contributed by atoms with E-state index in [1.54, 1.807) is 0 Å². The minimum absolute atomic E-state index is 0.456. The summed E-state index contributed by atoms with van der Waals surface area (Å²) < 4.78 is 6.40. The molecule has 2 heterocycles. The Bertz CT molecular complexity index is 3230. The Morgan fingerprint density at radius 2 is 0.857 bits per heavy atom. The normalized spacial score (nSPS) is 13.6. The van der Waals surface area contributed by atoms with Gasteiger partial charge in [-0.05, 0) is 104 Å². The van der Waals surface area contributed by atoms with Crippen LogP contribution in [-0.4, -0.2) is 11.7 Å². The van der Waals surface area contributed by atoms with Gasteiger partial charge in [-0.1, -0.05) is 194 Å². The highest BCUT2D eigenvalue weighted by Gasteiger charge is 2.24. The van der Waals surface area contributed by atoms with E-state index in [0.29, 0.717) is 5.84 Å². The average Bonchev–Trinajstić information content (AvgIpc) is 3.75. The van der Waals surface area contributed by atoms with Crippen molar-refractivity contribution in [1.29, 1.82) is 0 Å². The third-order valence-electron chi connectivity index (χ3n) is 11.7. The third-order valence-corrected chi connectivity index (χ3v) is 11.7. The molecule has 0 amide bonds. The molecule has 298 valence electrons. The van der Waals surface area contributed by atoms with Crippen LogP contribution in [0.4, 0.5) is 0 Å². The Balaban J connectivity index is 1.11. The molecule has 63 heavy (non-hydrogen) atoms. The van der Waals surface area contributed by atoms with Crippen molar-refractivity contribution in [3.8, 4) is 22.3 Å². The first kappa shape index (κ1) is 37.6. The molecule has 1 aromatic heterocycles. The molecule has 0 radical (unpaired) electrons. The van der Waals surface area contributed by atoms with Crippen molar-refractivity contribution in [3.05, 3.63) is 276 Å². The second kappa shape index (κ2) is 16.6. The summed E-state index contributed by atoms with van der Waals surface area (Å²) in [6.07, 6.45) is -0.456. The van der Waals surface area contributed by atoms with Gasteiger partial charge in [0, 0.05) is 21.9 Å². The van der Waals surface area contributed by atoms with Crippen LogP contribution in [0.1, 0.15) is 45.1 Å². The Morgan fingerprint density at radius 1 is 0.365 bits per heavy atom. The Hall–Kier alpha value is -8.34. The second-order valence-corrected chi connectivity index (χ2v) is 15.8. The van der Waals surface area contributed by atoms with Crippen LogP contribution >= 0.6 is 0 Å². The first-order valence-electron chi connectivity index (χ1n) is 21.3. The van der Waals surface area contributed by atoms with E-state index in [9.17, 15) is 0 Å². The molecule has 0 bridgehead atoms. The lowest BCUT2D eigenvalue weighted by molar-refractivity contribution is 0.666. The van der Waals surface area contributed by atoms with Crippen LogP contribution in [0.15, 0.2) is 251 Å². The summed E-state index contributed by atoms with van der Waals surface area (Å²) >= 11 is 0. The van der Waals surface area contributed by atoms with Crippen LogP contribution in [0, 0.1) is 0 Å². The summed E-state index contributed by atoms with van der Waals surface area (Å²) in [5, 5.41) is 5.94. The zero-order valence-corrected chi connectivity index (χ0v) is 34.4. The quantitative estimate of drug-likeness (QED) is 0.148. The highest BCUT2D eigenvalue weighted by molar-refractivity contribution is 6.15. The van der Waals surface area contributed by atoms with Gasteiger partial charge in [-0.25, -0.2) is 9.98 Å². The molecular weight excluding hydrogens is 767 g/mol. The summed E-state index contributed by atoms with van der Waals surface area (Å²) in [5.41, 5.74) is 15.8. The molecule has 0 fully saturated rings. The van der Waals surface area contributed by atoms with Gasteiger partial charge >= 0.3 is 0 Å². The van der Waals surface area contributed by atoms with E-state index in [0.717, 1.165) is 100 Å². The number of hydrogen-bond donors (Lipinski definition) is 1. The van der Waals surface area contributed by atoms with Crippen LogP contribution < -0.4 is 5.32 Å². The lowest BCUT2D eigenvalue weighted by atomic mass is 9.85. The monoisotopic (exact) mass is 807 g/mol. The number of amidine groups is 2. The molecule has 0 aliphatic carbocycles. The van der Waals surface area contributed by atoms with Gasteiger partial charge in [0.1, 0.15) is 23.2 Å². The first-order valence-corrected chi connectivity index (χ1v) is 21.3. The van der Waals surface area contributed by atoms with E-state index in [1.807, 2.05) is 18.2 Å². The SMILES string of the molecule is c1ccc(C(=C(c2ccccc2)c2cccc(C3=NC(c4cc(-c5ccccc5)cc(-c5ccccc5)c4)NC(c4ccc5c(c4)oc4ccccc45)=N3)c2)c2ccccc2)cc1. The van der Waals surface area contributed by atoms with E-state index < -0.39 is 6.17 Å². The average molecular weight is 808 g/mol. The van der Waals surface area contributed by atoms with E-state index in [2.05, 4.69) is 224 Å². The van der Waals surface area contributed by atoms with Crippen molar-refractivity contribution in [2.75, 3.05) is 0 Å². The maximum atomic E-state index is 6.40. The van der Waals surface area contributed by atoms with E-state index >= 15 is 0 Å². The molecule has 11 rings (SSSR count). The summed E-state index contributed by atoms with van der Waals surface area (Å²) in [5.74, 6) is 1.36. The molecular formula is C59H41N3O. The van der Waals surface area contributed by atoms with Crippen molar-refractivity contribution in [1.82, 2.24) is 5.32 Å². The molecule has 1 aliphatic rings. The van der Waals surface area contributed by atoms with E-state index in [-0.39, 0.29) is 0 Å². The van der Waals surface area contributed by atoms with Crippen molar-refractivity contribution in [3.63, 3.8) is 0 Å². The Kier molecular flexibility index (Phi) is 9.92. The number of aliphatic imine (C=N–C) groups is 2. The van der Waals surface area contributed by atoms with Crippen LogP contribution in [0.5, 0.6) is 0 Å².